The van der Waals surface area contributed by atoms with E-state index in [2.05, 4.69) is 20.1 Å². The Morgan fingerprint density at radius 1 is 1.32 bits per heavy atom. The van der Waals surface area contributed by atoms with Crippen molar-refractivity contribution in [2.45, 2.75) is 32.9 Å². The van der Waals surface area contributed by atoms with E-state index < -0.39 is 23.9 Å². The van der Waals surface area contributed by atoms with Gasteiger partial charge in [-0.3, -0.25) is 14.7 Å². The number of benzene rings is 1. The van der Waals surface area contributed by atoms with Gasteiger partial charge in [0.15, 0.2) is 16.0 Å². The molecule has 5 rings (SSSR count). The van der Waals surface area contributed by atoms with E-state index in [0.717, 1.165) is 0 Å². The van der Waals surface area contributed by atoms with Gasteiger partial charge < -0.3 is 25.0 Å². The van der Waals surface area contributed by atoms with Crippen LogP contribution in [0.25, 0.3) is 0 Å². The number of amidine groups is 1. The fourth-order valence-electron chi connectivity index (χ4n) is 5.53. The lowest BCUT2D eigenvalue weighted by Crippen LogP contribution is -2.53. The third kappa shape index (κ3) is 5.97. The summed E-state index contributed by atoms with van der Waals surface area (Å²) < 4.78 is 20.2. The zero-order valence-corrected chi connectivity index (χ0v) is 24.8. The van der Waals surface area contributed by atoms with Crippen LogP contribution in [0.2, 0.25) is 0 Å². The SMILES string of the molecule is CCOC(=O)C1=C(CN2CCN3C(=S)N(C[C@@H](C)C(=O)O)C[C@@H]3C2)NC(c2nccs2)=N[C@H]1c1cccc(F)c1C. The Bertz CT molecular complexity index is 1400. The lowest BCUT2D eigenvalue weighted by atomic mass is 9.92. The average molecular weight is 601 g/mol. The van der Waals surface area contributed by atoms with Gasteiger partial charge in [0.05, 0.1) is 24.1 Å². The number of aliphatic imine (C=N–C) groups is 1. The molecule has 218 valence electrons. The van der Waals surface area contributed by atoms with E-state index in [1.54, 1.807) is 39.1 Å². The molecule has 2 saturated heterocycles. The van der Waals surface area contributed by atoms with Gasteiger partial charge in [-0.2, -0.15) is 0 Å². The van der Waals surface area contributed by atoms with E-state index in [4.69, 9.17) is 21.9 Å². The fourth-order valence-corrected chi connectivity index (χ4v) is 6.51. The van der Waals surface area contributed by atoms with Gasteiger partial charge in [-0.15, -0.1) is 11.3 Å². The second kappa shape index (κ2) is 12.2. The van der Waals surface area contributed by atoms with Crippen molar-refractivity contribution in [2.24, 2.45) is 10.9 Å². The number of aliphatic carboxylic acids is 1. The van der Waals surface area contributed by atoms with Gasteiger partial charge in [0.25, 0.3) is 0 Å². The number of hydrogen-bond acceptors (Lipinski definition) is 9. The monoisotopic (exact) mass is 600 g/mol. The van der Waals surface area contributed by atoms with Crippen LogP contribution in [0.4, 0.5) is 4.39 Å². The van der Waals surface area contributed by atoms with Gasteiger partial charge in [0.2, 0.25) is 0 Å². The summed E-state index contributed by atoms with van der Waals surface area (Å²) in [6, 6.07) is 4.14. The molecule has 0 bridgehead atoms. The number of carboxylic acids is 1. The van der Waals surface area contributed by atoms with Crippen molar-refractivity contribution >= 4 is 46.4 Å². The molecule has 0 aliphatic carbocycles. The van der Waals surface area contributed by atoms with Crippen LogP contribution in [0.15, 0.2) is 46.0 Å². The maximum Gasteiger partial charge on any atom is 0.338 e. The van der Waals surface area contributed by atoms with E-state index in [1.165, 1.54) is 17.4 Å². The number of esters is 1. The largest absolute Gasteiger partial charge is 0.481 e. The third-order valence-corrected chi connectivity index (χ3v) is 8.94. The molecule has 0 spiro atoms. The Morgan fingerprint density at radius 2 is 2.12 bits per heavy atom. The van der Waals surface area contributed by atoms with E-state index in [1.807, 2.05) is 10.3 Å². The molecule has 13 heteroatoms. The number of hydrogen-bond donors (Lipinski definition) is 2. The zero-order valence-electron chi connectivity index (χ0n) is 23.2. The quantitative estimate of drug-likeness (QED) is 0.329. The minimum atomic E-state index is -0.845. The Balaban J connectivity index is 1.46. The first-order valence-electron chi connectivity index (χ1n) is 13.6. The van der Waals surface area contributed by atoms with Gasteiger partial charge in [-0.1, -0.05) is 19.1 Å². The molecule has 10 nitrogen and oxygen atoms in total. The molecule has 0 amide bonds. The summed E-state index contributed by atoms with van der Waals surface area (Å²) in [5, 5.41) is 15.9. The van der Waals surface area contributed by atoms with Crippen LogP contribution in [0.5, 0.6) is 0 Å². The number of aromatic nitrogens is 1. The van der Waals surface area contributed by atoms with Gasteiger partial charge in [-0.05, 0) is 43.3 Å². The second-order valence-corrected chi connectivity index (χ2v) is 11.7. The highest BCUT2D eigenvalue weighted by molar-refractivity contribution is 7.80. The highest BCUT2D eigenvalue weighted by Crippen LogP contribution is 2.35. The van der Waals surface area contributed by atoms with Crippen LogP contribution >= 0.6 is 23.6 Å². The maximum atomic E-state index is 14.7. The number of piperazine rings is 1. The number of carboxylic acid groups (broad SMARTS) is 1. The van der Waals surface area contributed by atoms with E-state index in [9.17, 15) is 19.1 Å². The second-order valence-electron chi connectivity index (χ2n) is 10.4. The van der Waals surface area contributed by atoms with E-state index >= 15 is 0 Å². The van der Waals surface area contributed by atoms with Crippen molar-refractivity contribution in [3.8, 4) is 0 Å². The Kier molecular flexibility index (Phi) is 8.66. The summed E-state index contributed by atoms with van der Waals surface area (Å²) >= 11 is 7.11. The number of thiocarbonyl (C=S) groups is 1. The lowest BCUT2D eigenvalue weighted by Gasteiger charge is -2.38. The third-order valence-electron chi connectivity index (χ3n) is 7.67. The average Bonchev–Trinajstić information content (AvgIpc) is 3.58. The number of nitrogens with one attached hydrogen (secondary N) is 1. The van der Waals surface area contributed by atoms with Crippen LogP contribution in [0, 0.1) is 18.7 Å². The fraction of sp³-hybridized carbons (Fsp3) is 0.464. The van der Waals surface area contributed by atoms with Crippen molar-refractivity contribution in [1.82, 2.24) is 25.0 Å². The smallest absolute Gasteiger partial charge is 0.338 e. The molecule has 2 fully saturated rings. The van der Waals surface area contributed by atoms with Crippen LogP contribution in [0.1, 0.15) is 36.0 Å². The Morgan fingerprint density at radius 3 is 2.83 bits per heavy atom. The molecular formula is C28H33FN6O4S2. The van der Waals surface area contributed by atoms with E-state index in [0.29, 0.717) is 77.6 Å². The predicted octanol–water partition coefficient (Wildman–Crippen LogP) is 2.81. The van der Waals surface area contributed by atoms with Crippen molar-refractivity contribution < 1.29 is 23.8 Å². The summed E-state index contributed by atoms with van der Waals surface area (Å²) in [4.78, 5) is 40.5. The normalized spacial score (nSPS) is 21.9. The molecule has 2 aromatic rings. The summed E-state index contributed by atoms with van der Waals surface area (Å²) in [6.45, 7) is 8.77. The Labute approximate surface area is 247 Å². The molecule has 4 heterocycles. The molecule has 1 aromatic carbocycles. The highest BCUT2D eigenvalue weighted by atomic mass is 32.1. The molecule has 0 unspecified atom stereocenters. The zero-order chi connectivity index (χ0) is 29.3. The number of rotatable bonds is 9. The number of halogens is 1. The molecule has 0 radical (unpaired) electrons. The van der Waals surface area contributed by atoms with Crippen LogP contribution in [-0.4, -0.2) is 99.6 Å². The van der Waals surface area contributed by atoms with Crippen molar-refractivity contribution in [3.05, 3.63) is 63.0 Å². The van der Waals surface area contributed by atoms with E-state index in [-0.39, 0.29) is 18.5 Å². The van der Waals surface area contributed by atoms with Crippen LogP contribution in [0.3, 0.4) is 0 Å². The van der Waals surface area contributed by atoms with Crippen LogP contribution < -0.4 is 5.32 Å². The first kappa shape index (κ1) is 29.1. The van der Waals surface area contributed by atoms with Gasteiger partial charge in [0.1, 0.15) is 11.9 Å². The maximum absolute atomic E-state index is 14.7. The molecule has 3 aliphatic heterocycles. The summed E-state index contributed by atoms with van der Waals surface area (Å²) in [5.41, 5.74) is 2.01. The molecule has 0 saturated carbocycles. The molecular weight excluding hydrogens is 567 g/mol. The molecule has 2 N–H and O–H groups in total. The first-order chi connectivity index (χ1) is 19.7. The minimum absolute atomic E-state index is 0.0980. The van der Waals surface area contributed by atoms with Crippen molar-refractivity contribution in [1.29, 1.82) is 0 Å². The topological polar surface area (TPSA) is 111 Å². The molecule has 1 aromatic heterocycles. The first-order valence-corrected chi connectivity index (χ1v) is 14.9. The summed E-state index contributed by atoms with van der Waals surface area (Å²) in [5.74, 6) is -1.72. The minimum Gasteiger partial charge on any atom is -0.481 e. The number of carbonyl (C=O) groups is 2. The van der Waals surface area contributed by atoms with Crippen molar-refractivity contribution in [3.63, 3.8) is 0 Å². The Hall–Kier alpha value is -3.42. The van der Waals surface area contributed by atoms with Crippen LogP contribution in [-0.2, 0) is 14.3 Å². The lowest BCUT2D eigenvalue weighted by molar-refractivity contribution is -0.141. The highest BCUT2D eigenvalue weighted by Gasteiger charge is 2.40. The molecule has 41 heavy (non-hydrogen) atoms. The summed E-state index contributed by atoms with van der Waals surface area (Å²) in [6.07, 6.45) is 1.69. The number of ether oxygens (including phenoxy) is 1. The molecule has 3 aliphatic rings. The number of carbonyl (C=O) groups excluding carboxylic acids is 1. The predicted molar refractivity (Wildman–Crippen MR) is 157 cm³/mol. The molecule has 3 atom stereocenters. The van der Waals surface area contributed by atoms with Crippen molar-refractivity contribution in [2.75, 3.05) is 45.9 Å². The number of fused-ring (bicyclic) bond motifs is 1. The van der Waals surface area contributed by atoms with Gasteiger partial charge >= 0.3 is 11.9 Å². The van der Waals surface area contributed by atoms with Gasteiger partial charge in [-0.25, -0.2) is 14.2 Å². The number of thiazole rings is 1. The standard InChI is InChI=1S/C28H33FN6O4S2/c1-4-39-27(38)22-21(15-33-9-10-35-18(13-33)14-34(28(35)40)12-16(2)26(36)37)31-24(25-30-8-11-41-25)32-23(22)19-6-5-7-20(29)17(19)3/h5-8,11,16,18,23H,4,9-10,12-15H2,1-3H3,(H,31,32)(H,36,37)/t16-,18+,23+/m1/s1. The summed E-state index contributed by atoms with van der Waals surface area (Å²) in [7, 11) is 0. The number of nitrogens with zero attached hydrogens (tertiary/aromatic N) is 5. The van der Waals surface area contributed by atoms with Gasteiger partial charge in [0, 0.05) is 56.5 Å².